The molecule has 0 heterocycles. The zero-order valence-electron chi connectivity index (χ0n) is 20.3. The molecule has 0 aromatic heterocycles. The number of nitrogens with one attached hydrogen (secondary N) is 1. The number of benzene rings is 3. The number of carbonyl (C=O) groups is 1. The average molecular weight is 481 g/mol. The Hall–Kier alpha value is -3.32. The van der Waals surface area contributed by atoms with E-state index in [-0.39, 0.29) is 17.5 Å². The summed E-state index contributed by atoms with van der Waals surface area (Å²) in [6.45, 7) is 10.0. The number of hydrogen-bond donors (Lipinski definition) is 1. The summed E-state index contributed by atoms with van der Waals surface area (Å²) < 4.78 is 33.6. The van der Waals surface area contributed by atoms with Crippen LogP contribution in [0.4, 0.5) is 5.69 Å². The highest BCUT2D eigenvalue weighted by Crippen LogP contribution is 2.26. The number of carbonyl (C=O) groups excluding carboxylic acids is 1. The Bertz CT molecular complexity index is 1240. The van der Waals surface area contributed by atoms with Crippen molar-refractivity contribution >= 4 is 21.6 Å². The third kappa shape index (κ3) is 5.78. The lowest BCUT2D eigenvalue weighted by atomic mass is 9.96. The summed E-state index contributed by atoms with van der Waals surface area (Å²) in [5, 5.41) is 2.97. The van der Waals surface area contributed by atoms with Gasteiger partial charge in [0.2, 0.25) is 5.91 Å². The number of nitrogens with zero attached hydrogens (tertiary/aromatic N) is 1. The lowest BCUT2D eigenvalue weighted by Gasteiger charge is -2.26. The number of anilines is 1. The van der Waals surface area contributed by atoms with Crippen molar-refractivity contribution in [3.05, 3.63) is 89.0 Å². The average Bonchev–Trinajstić information content (AvgIpc) is 2.81. The highest BCUT2D eigenvalue weighted by atomic mass is 32.2. The summed E-state index contributed by atoms with van der Waals surface area (Å²) in [7, 11) is -3.96. The lowest BCUT2D eigenvalue weighted by Crippen LogP contribution is -2.41. The van der Waals surface area contributed by atoms with Gasteiger partial charge in [0.25, 0.3) is 10.0 Å². The molecule has 3 rings (SSSR count). The van der Waals surface area contributed by atoms with Crippen LogP contribution in [0.5, 0.6) is 5.75 Å². The maximum atomic E-state index is 13.5. The lowest BCUT2D eigenvalue weighted by molar-refractivity contribution is -0.120. The number of amides is 1. The molecule has 0 saturated carbocycles. The van der Waals surface area contributed by atoms with E-state index < -0.39 is 15.9 Å². The van der Waals surface area contributed by atoms with Crippen LogP contribution in [0.25, 0.3) is 0 Å². The van der Waals surface area contributed by atoms with Gasteiger partial charge in [-0.05, 0) is 93.3 Å². The Morgan fingerprint density at radius 1 is 0.941 bits per heavy atom. The Kier molecular flexibility index (Phi) is 7.99. The van der Waals surface area contributed by atoms with Crippen LogP contribution in [0, 0.1) is 20.8 Å². The first-order valence-corrected chi connectivity index (χ1v) is 12.7. The molecule has 1 atom stereocenters. The van der Waals surface area contributed by atoms with Crippen LogP contribution in [0.2, 0.25) is 0 Å². The molecule has 0 aliphatic carbocycles. The molecule has 1 N–H and O–H groups in total. The van der Waals surface area contributed by atoms with E-state index in [0.29, 0.717) is 18.0 Å². The van der Waals surface area contributed by atoms with Crippen molar-refractivity contribution in [3.8, 4) is 5.75 Å². The second-order valence-electron chi connectivity index (χ2n) is 8.33. The van der Waals surface area contributed by atoms with Gasteiger partial charge < -0.3 is 10.1 Å². The zero-order chi connectivity index (χ0) is 24.9. The van der Waals surface area contributed by atoms with E-state index in [4.69, 9.17) is 4.74 Å². The maximum Gasteiger partial charge on any atom is 0.264 e. The molecule has 0 aliphatic heterocycles. The fourth-order valence-corrected chi connectivity index (χ4v) is 5.30. The van der Waals surface area contributed by atoms with Crippen LogP contribution >= 0.6 is 0 Å². The SMILES string of the molecule is CCOc1ccc(N(CC(=O)NC(C)c2cc(C)c(C)cc2C)S(=O)(=O)c2ccccc2)cc1. The predicted octanol–water partition coefficient (Wildman–Crippen LogP) is 5.08. The van der Waals surface area contributed by atoms with E-state index in [9.17, 15) is 13.2 Å². The van der Waals surface area contributed by atoms with Crippen molar-refractivity contribution in [1.29, 1.82) is 0 Å². The molecule has 3 aromatic rings. The van der Waals surface area contributed by atoms with Crippen LogP contribution in [-0.2, 0) is 14.8 Å². The van der Waals surface area contributed by atoms with E-state index in [1.165, 1.54) is 17.7 Å². The zero-order valence-corrected chi connectivity index (χ0v) is 21.1. The summed E-state index contributed by atoms with van der Waals surface area (Å²) >= 11 is 0. The first-order valence-electron chi connectivity index (χ1n) is 11.3. The fourth-order valence-electron chi connectivity index (χ4n) is 3.85. The molecule has 180 valence electrons. The van der Waals surface area contributed by atoms with Gasteiger partial charge in [0, 0.05) is 0 Å². The van der Waals surface area contributed by atoms with Crippen molar-refractivity contribution in [3.63, 3.8) is 0 Å². The first kappa shape index (κ1) is 25.3. The van der Waals surface area contributed by atoms with Crippen LogP contribution in [0.3, 0.4) is 0 Å². The second kappa shape index (κ2) is 10.7. The molecule has 34 heavy (non-hydrogen) atoms. The van der Waals surface area contributed by atoms with E-state index in [1.54, 1.807) is 42.5 Å². The van der Waals surface area contributed by atoms with Gasteiger partial charge in [0.1, 0.15) is 12.3 Å². The number of ether oxygens (including phenoxy) is 1. The molecule has 0 bridgehead atoms. The molecule has 0 aliphatic rings. The van der Waals surface area contributed by atoms with E-state index in [0.717, 1.165) is 21.0 Å². The van der Waals surface area contributed by atoms with E-state index in [1.807, 2.05) is 27.7 Å². The van der Waals surface area contributed by atoms with Gasteiger partial charge in [-0.2, -0.15) is 0 Å². The second-order valence-corrected chi connectivity index (χ2v) is 10.2. The van der Waals surface area contributed by atoms with Crippen LogP contribution in [0.15, 0.2) is 71.6 Å². The molecular weight excluding hydrogens is 448 g/mol. The summed E-state index contributed by atoms with van der Waals surface area (Å²) in [4.78, 5) is 13.2. The molecule has 6 nitrogen and oxygen atoms in total. The van der Waals surface area contributed by atoms with Crippen molar-refractivity contribution in [2.75, 3.05) is 17.5 Å². The van der Waals surface area contributed by atoms with Crippen molar-refractivity contribution in [1.82, 2.24) is 5.32 Å². The standard InChI is InChI=1S/C27H32N2O4S/c1-6-33-24-14-12-23(13-15-24)29(34(31,32)25-10-8-7-9-11-25)18-27(30)28-22(5)26-17-20(3)19(2)16-21(26)4/h7-17,22H,6,18H2,1-5H3,(H,28,30). The van der Waals surface area contributed by atoms with Gasteiger partial charge in [-0.25, -0.2) is 8.42 Å². The van der Waals surface area contributed by atoms with Crippen LogP contribution < -0.4 is 14.4 Å². The molecule has 0 fully saturated rings. The normalized spacial score (nSPS) is 12.1. The van der Waals surface area contributed by atoms with Gasteiger partial charge in [0.05, 0.1) is 23.2 Å². The Morgan fingerprint density at radius 2 is 1.56 bits per heavy atom. The predicted molar refractivity (Wildman–Crippen MR) is 136 cm³/mol. The first-order chi connectivity index (χ1) is 16.1. The Labute approximate surface area is 202 Å². The summed E-state index contributed by atoms with van der Waals surface area (Å²) in [5.41, 5.74) is 4.81. The van der Waals surface area contributed by atoms with Gasteiger partial charge in [-0.1, -0.05) is 30.3 Å². The van der Waals surface area contributed by atoms with Gasteiger partial charge in [-0.15, -0.1) is 0 Å². The summed E-state index contributed by atoms with van der Waals surface area (Å²) in [5.74, 6) is 0.241. The Balaban J connectivity index is 1.89. The minimum atomic E-state index is -3.96. The van der Waals surface area contributed by atoms with E-state index in [2.05, 4.69) is 24.4 Å². The largest absolute Gasteiger partial charge is 0.494 e. The molecule has 1 amide bonds. The molecule has 0 saturated heterocycles. The Morgan fingerprint density at radius 3 is 2.18 bits per heavy atom. The minimum Gasteiger partial charge on any atom is -0.494 e. The molecule has 7 heteroatoms. The molecule has 1 unspecified atom stereocenters. The van der Waals surface area contributed by atoms with Crippen LogP contribution in [0.1, 0.15) is 42.1 Å². The topological polar surface area (TPSA) is 75.7 Å². The monoisotopic (exact) mass is 480 g/mol. The number of hydrogen-bond acceptors (Lipinski definition) is 4. The summed E-state index contributed by atoms with van der Waals surface area (Å²) in [6, 6.07) is 18.7. The van der Waals surface area contributed by atoms with Gasteiger partial charge >= 0.3 is 0 Å². The third-order valence-electron chi connectivity index (χ3n) is 5.78. The van der Waals surface area contributed by atoms with Gasteiger partial charge in [-0.3, -0.25) is 9.10 Å². The van der Waals surface area contributed by atoms with Crippen LogP contribution in [-0.4, -0.2) is 27.5 Å². The highest BCUT2D eigenvalue weighted by molar-refractivity contribution is 7.92. The molecular formula is C27H32N2O4S. The third-order valence-corrected chi connectivity index (χ3v) is 7.57. The quantitative estimate of drug-likeness (QED) is 0.463. The van der Waals surface area contributed by atoms with Crippen molar-refractivity contribution in [2.45, 2.75) is 45.6 Å². The molecule has 3 aromatic carbocycles. The number of sulfonamides is 1. The van der Waals surface area contributed by atoms with Gasteiger partial charge in [0.15, 0.2) is 0 Å². The van der Waals surface area contributed by atoms with Crippen molar-refractivity contribution < 1.29 is 17.9 Å². The number of aryl methyl sites for hydroxylation is 3. The highest BCUT2D eigenvalue weighted by Gasteiger charge is 2.28. The maximum absolute atomic E-state index is 13.5. The minimum absolute atomic E-state index is 0.120. The summed E-state index contributed by atoms with van der Waals surface area (Å²) in [6.07, 6.45) is 0. The number of rotatable bonds is 9. The molecule has 0 spiro atoms. The van der Waals surface area contributed by atoms with Crippen molar-refractivity contribution in [2.24, 2.45) is 0 Å². The fraction of sp³-hybridized carbons (Fsp3) is 0.296. The van der Waals surface area contributed by atoms with E-state index >= 15 is 0 Å². The molecule has 0 radical (unpaired) electrons. The smallest absolute Gasteiger partial charge is 0.264 e.